The van der Waals surface area contributed by atoms with Crippen LogP contribution in [0.2, 0.25) is 0 Å². The molecule has 0 saturated carbocycles. The number of aromatic hydroxyl groups is 1. The summed E-state index contributed by atoms with van der Waals surface area (Å²) < 4.78 is 37.9. The van der Waals surface area contributed by atoms with Crippen molar-refractivity contribution in [1.82, 2.24) is 9.21 Å². The first-order chi connectivity index (χ1) is 14.8. The fraction of sp³-hybridized carbons (Fsp3) is 0.409. The van der Waals surface area contributed by atoms with Gasteiger partial charge in [0.2, 0.25) is 15.9 Å². The molecule has 1 N–H and O–H groups in total. The van der Waals surface area contributed by atoms with E-state index in [1.54, 1.807) is 38.2 Å². The lowest BCUT2D eigenvalue weighted by atomic mass is 10.1. The Kier molecular flexibility index (Phi) is 7.07. The van der Waals surface area contributed by atoms with Crippen molar-refractivity contribution in [3.05, 3.63) is 47.5 Å². The third-order valence-electron chi connectivity index (χ3n) is 5.42. The third kappa shape index (κ3) is 4.94. The molecule has 0 aromatic heterocycles. The molecule has 0 radical (unpaired) electrons. The number of amides is 1. The first-order valence-electron chi connectivity index (χ1n) is 10.1. The van der Waals surface area contributed by atoms with E-state index in [2.05, 4.69) is 0 Å². The van der Waals surface area contributed by atoms with Gasteiger partial charge in [-0.3, -0.25) is 4.79 Å². The summed E-state index contributed by atoms with van der Waals surface area (Å²) in [5.41, 5.74) is 1.63. The maximum Gasteiger partial charge on any atom is 0.246 e. The Balaban J connectivity index is 1.61. The second-order valence-electron chi connectivity index (χ2n) is 7.41. The van der Waals surface area contributed by atoms with Gasteiger partial charge in [0.15, 0.2) is 11.5 Å². The van der Waals surface area contributed by atoms with Crippen LogP contribution in [0.1, 0.15) is 17.5 Å². The molecule has 1 aliphatic rings. The van der Waals surface area contributed by atoms with Crippen LogP contribution in [0.4, 0.5) is 0 Å². The maximum atomic E-state index is 12.9. The van der Waals surface area contributed by atoms with Gasteiger partial charge in [0.25, 0.3) is 0 Å². The number of piperazine rings is 1. The summed E-state index contributed by atoms with van der Waals surface area (Å²) in [4.78, 5) is 14.3. The second-order valence-corrected chi connectivity index (χ2v) is 9.32. The molecule has 1 fully saturated rings. The lowest BCUT2D eigenvalue weighted by Crippen LogP contribution is -2.50. The molecule has 0 unspecified atom stereocenters. The van der Waals surface area contributed by atoms with E-state index in [0.717, 1.165) is 11.1 Å². The highest BCUT2D eigenvalue weighted by Gasteiger charge is 2.31. The lowest BCUT2D eigenvalue weighted by molar-refractivity contribution is -0.132. The normalized spacial score (nSPS) is 15.0. The van der Waals surface area contributed by atoms with E-state index in [4.69, 9.17) is 9.47 Å². The van der Waals surface area contributed by atoms with Crippen LogP contribution < -0.4 is 9.47 Å². The van der Waals surface area contributed by atoms with E-state index in [-0.39, 0.29) is 36.1 Å². The van der Waals surface area contributed by atoms with Crippen LogP contribution in [-0.4, -0.2) is 69.0 Å². The van der Waals surface area contributed by atoms with Crippen LogP contribution in [0.5, 0.6) is 17.2 Å². The van der Waals surface area contributed by atoms with Gasteiger partial charge >= 0.3 is 0 Å². The topological polar surface area (TPSA) is 96.4 Å². The number of phenolic OH excluding ortho intramolecular Hbond substituents is 1. The van der Waals surface area contributed by atoms with Crippen molar-refractivity contribution in [2.75, 3.05) is 40.4 Å². The van der Waals surface area contributed by atoms with Crippen molar-refractivity contribution in [3.63, 3.8) is 0 Å². The molecule has 9 heteroatoms. The fourth-order valence-corrected chi connectivity index (χ4v) is 5.28. The Morgan fingerprint density at radius 2 is 1.77 bits per heavy atom. The standard InChI is InChI=1S/C22H28N2O6S/c1-16-7-9-18(25)20(15-16)31(27,28)24-13-11-23(12-14-24)21(26)10-8-17-5-4-6-19(29-2)22(17)30-3/h4-7,9,15,25H,8,10-14H2,1-3H3. The van der Waals surface area contributed by atoms with Gasteiger partial charge in [-0.1, -0.05) is 18.2 Å². The quantitative estimate of drug-likeness (QED) is 0.698. The third-order valence-corrected chi connectivity index (χ3v) is 7.34. The minimum atomic E-state index is -3.82. The average Bonchev–Trinajstić information content (AvgIpc) is 2.78. The molecular weight excluding hydrogens is 420 g/mol. The Morgan fingerprint density at radius 1 is 1.06 bits per heavy atom. The molecule has 1 aliphatic heterocycles. The van der Waals surface area contributed by atoms with Gasteiger partial charge in [0, 0.05) is 32.6 Å². The van der Waals surface area contributed by atoms with Gasteiger partial charge in [-0.2, -0.15) is 4.31 Å². The molecular formula is C22H28N2O6S. The zero-order chi connectivity index (χ0) is 22.6. The number of methoxy groups -OCH3 is 2. The fourth-order valence-electron chi connectivity index (χ4n) is 3.70. The predicted molar refractivity (Wildman–Crippen MR) is 116 cm³/mol. The highest BCUT2D eigenvalue weighted by molar-refractivity contribution is 7.89. The smallest absolute Gasteiger partial charge is 0.246 e. The molecule has 0 aliphatic carbocycles. The van der Waals surface area contributed by atoms with E-state index in [9.17, 15) is 18.3 Å². The Labute approximate surface area is 183 Å². The minimum Gasteiger partial charge on any atom is -0.507 e. The number of benzene rings is 2. The van der Waals surface area contributed by atoms with E-state index in [1.165, 1.54) is 16.4 Å². The van der Waals surface area contributed by atoms with Gasteiger partial charge in [0.05, 0.1) is 14.2 Å². The molecule has 0 spiro atoms. The largest absolute Gasteiger partial charge is 0.507 e. The second kappa shape index (κ2) is 9.57. The predicted octanol–water partition coefficient (Wildman–Crippen LogP) is 2.18. The van der Waals surface area contributed by atoms with Crippen LogP contribution in [0, 0.1) is 6.92 Å². The number of carbonyl (C=O) groups is 1. The Morgan fingerprint density at radius 3 is 2.42 bits per heavy atom. The Hall–Kier alpha value is -2.78. The molecule has 1 amide bonds. The van der Waals surface area contributed by atoms with Gasteiger partial charge in [-0.15, -0.1) is 0 Å². The number of hydrogen-bond donors (Lipinski definition) is 1. The molecule has 31 heavy (non-hydrogen) atoms. The molecule has 8 nitrogen and oxygen atoms in total. The van der Waals surface area contributed by atoms with Crippen molar-refractivity contribution >= 4 is 15.9 Å². The molecule has 0 bridgehead atoms. The minimum absolute atomic E-state index is 0.0414. The molecule has 1 saturated heterocycles. The van der Waals surface area contributed by atoms with Crippen LogP contribution in [0.15, 0.2) is 41.3 Å². The molecule has 0 atom stereocenters. The zero-order valence-electron chi connectivity index (χ0n) is 18.0. The van der Waals surface area contributed by atoms with E-state index < -0.39 is 10.0 Å². The Bertz CT molecular complexity index is 1050. The number of nitrogens with zero attached hydrogens (tertiary/aromatic N) is 2. The van der Waals surface area contributed by atoms with E-state index >= 15 is 0 Å². The number of phenols is 1. The zero-order valence-corrected chi connectivity index (χ0v) is 18.8. The lowest BCUT2D eigenvalue weighted by Gasteiger charge is -2.34. The first kappa shape index (κ1) is 22.9. The van der Waals surface area contributed by atoms with Gasteiger partial charge in [0.1, 0.15) is 10.6 Å². The van der Waals surface area contributed by atoms with Crippen molar-refractivity contribution < 1.29 is 27.8 Å². The van der Waals surface area contributed by atoms with Crippen molar-refractivity contribution in [3.8, 4) is 17.2 Å². The highest BCUT2D eigenvalue weighted by Crippen LogP contribution is 2.32. The summed E-state index contributed by atoms with van der Waals surface area (Å²) in [6.45, 7) is 2.75. The summed E-state index contributed by atoms with van der Waals surface area (Å²) in [5, 5.41) is 10.0. The number of aryl methyl sites for hydroxylation is 2. The summed E-state index contributed by atoms with van der Waals surface area (Å²) in [7, 11) is -0.691. The summed E-state index contributed by atoms with van der Waals surface area (Å²) in [6.07, 6.45) is 0.782. The van der Waals surface area contributed by atoms with E-state index in [0.29, 0.717) is 31.0 Å². The number of para-hydroxylation sites is 1. The van der Waals surface area contributed by atoms with Crippen LogP contribution in [0.3, 0.4) is 0 Å². The molecule has 3 rings (SSSR count). The van der Waals surface area contributed by atoms with Crippen LogP contribution >= 0.6 is 0 Å². The van der Waals surface area contributed by atoms with Gasteiger partial charge in [-0.05, 0) is 42.7 Å². The summed E-state index contributed by atoms with van der Waals surface area (Å²) in [6, 6.07) is 10.1. The number of rotatable bonds is 7. The summed E-state index contributed by atoms with van der Waals surface area (Å²) >= 11 is 0. The number of sulfonamides is 1. The molecule has 2 aromatic carbocycles. The monoisotopic (exact) mass is 448 g/mol. The first-order valence-corrected chi connectivity index (χ1v) is 11.5. The summed E-state index contributed by atoms with van der Waals surface area (Å²) in [5.74, 6) is 0.925. The van der Waals surface area contributed by atoms with Crippen LogP contribution in [0.25, 0.3) is 0 Å². The van der Waals surface area contributed by atoms with Crippen molar-refractivity contribution in [2.45, 2.75) is 24.7 Å². The van der Waals surface area contributed by atoms with Gasteiger partial charge < -0.3 is 19.5 Å². The van der Waals surface area contributed by atoms with Gasteiger partial charge in [-0.25, -0.2) is 8.42 Å². The van der Waals surface area contributed by atoms with Crippen molar-refractivity contribution in [2.24, 2.45) is 0 Å². The van der Waals surface area contributed by atoms with Crippen LogP contribution in [-0.2, 0) is 21.2 Å². The molecule has 168 valence electrons. The molecule has 1 heterocycles. The number of hydrogen-bond acceptors (Lipinski definition) is 6. The SMILES string of the molecule is COc1cccc(CCC(=O)N2CCN(S(=O)(=O)c3cc(C)ccc3O)CC2)c1OC. The molecule has 2 aromatic rings. The van der Waals surface area contributed by atoms with E-state index in [1.807, 2.05) is 12.1 Å². The maximum absolute atomic E-state index is 12.9. The number of carbonyl (C=O) groups excluding carboxylic acids is 1. The van der Waals surface area contributed by atoms with Crippen molar-refractivity contribution in [1.29, 1.82) is 0 Å². The highest BCUT2D eigenvalue weighted by atomic mass is 32.2. The number of ether oxygens (including phenoxy) is 2. The average molecular weight is 449 g/mol.